The van der Waals surface area contributed by atoms with Crippen LogP contribution in [0, 0.1) is 5.82 Å². The standard InChI is InChI=1S/C22H20ClFN2O4S/c1-30-21-12-11-19(13-20(21)23)31(28,29)26(14-16-5-3-2-4-6-16)15-22(27)25-18-9-7-17(24)8-10-18/h2-13H,14-15H2,1H3,(H,25,27). The molecule has 31 heavy (non-hydrogen) atoms. The van der Waals surface area contributed by atoms with E-state index in [0.29, 0.717) is 17.0 Å². The second kappa shape index (κ2) is 9.91. The lowest BCUT2D eigenvalue weighted by Crippen LogP contribution is -2.37. The molecule has 0 aliphatic rings. The highest BCUT2D eigenvalue weighted by Gasteiger charge is 2.28. The fraction of sp³-hybridized carbons (Fsp3) is 0.136. The van der Waals surface area contributed by atoms with Gasteiger partial charge >= 0.3 is 0 Å². The molecule has 3 aromatic carbocycles. The van der Waals surface area contributed by atoms with Crippen LogP contribution in [0.5, 0.6) is 5.75 Å². The normalized spacial score (nSPS) is 11.4. The number of hydrogen-bond donors (Lipinski definition) is 1. The summed E-state index contributed by atoms with van der Waals surface area (Å²) in [7, 11) is -2.64. The van der Waals surface area contributed by atoms with Gasteiger partial charge in [-0.3, -0.25) is 4.79 Å². The number of amides is 1. The molecule has 0 spiro atoms. The second-order valence-electron chi connectivity index (χ2n) is 6.61. The third kappa shape index (κ3) is 5.81. The second-order valence-corrected chi connectivity index (χ2v) is 8.96. The molecule has 9 heteroatoms. The highest BCUT2D eigenvalue weighted by molar-refractivity contribution is 7.89. The third-order valence-corrected chi connectivity index (χ3v) is 6.49. The highest BCUT2D eigenvalue weighted by atomic mass is 35.5. The van der Waals surface area contributed by atoms with Crippen molar-refractivity contribution in [2.45, 2.75) is 11.4 Å². The van der Waals surface area contributed by atoms with E-state index in [0.717, 1.165) is 4.31 Å². The van der Waals surface area contributed by atoms with Crippen LogP contribution in [0.4, 0.5) is 10.1 Å². The van der Waals surface area contributed by atoms with Crippen molar-refractivity contribution in [1.82, 2.24) is 4.31 Å². The fourth-order valence-corrected chi connectivity index (χ4v) is 4.60. The quantitative estimate of drug-likeness (QED) is 0.541. The van der Waals surface area contributed by atoms with Crippen LogP contribution in [0.1, 0.15) is 5.56 Å². The van der Waals surface area contributed by atoms with Gasteiger partial charge in [-0.2, -0.15) is 4.31 Å². The van der Waals surface area contributed by atoms with Crippen LogP contribution < -0.4 is 10.1 Å². The summed E-state index contributed by atoms with van der Waals surface area (Å²) in [5.74, 6) is -0.669. The lowest BCUT2D eigenvalue weighted by Gasteiger charge is -2.22. The molecule has 1 N–H and O–H groups in total. The van der Waals surface area contributed by atoms with Crippen LogP contribution in [0.3, 0.4) is 0 Å². The minimum Gasteiger partial charge on any atom is -0.495 e. The molecule has 0 saturated heterocycles. The number of ether oxygens (including phenoxy) is 1. The smallest absolute Gasteiger partial charge is 0.243 e. The third-order valence-electron chi connectivity index (χ3n) is 4.41. The predicted octanol–water partition coefficient (Wildman–Crippen LogP) is 4.32. The van der Waals surface area contributed by atoms with Gasteiger partial charge in [0.15, 0.2) is 0 Å². The zero-order chi connectivity index (χ0) is 22.4. The zero-order valence-electron chi connectivity index (χ0n) is 16.6. The van der Waals surface area contributed by atoms with Gasteiger partial charge in [-0.1, -0.05) is 41.9 Å². The van der Waals surface area contributed by atoms with E-state index in [9.17, 15) is 17.6 Å². The number of nitrogens with zero attached hydrogens (tertiary/aromatic N) is 1. The number of anilines is 1. The van der Waals surface area contributed by atoms with Gasteiger partial charge in [0.05, 0.1) is 23.6 Å². The van der Waals surface area contributed by atoms with Gasteiger partial charge in [0, 0.05) is 12.2 Å². The fourth-order valence-electron chi connectivity index (χ4n) is 2.86. The SMILES string of the molecule is COc1ccc(S(=O)(=O)N(CC(=O)Nc2ccc(F)cc2)Cc2ccccc2)cc1Cl. The maximum Gasteiger partial charge on any atom is 0.243 e. The Labute approximate surface area is 185 Å². The summed E-state index contributed by atoms with van der Waals surface area (Å²) >= 11 is 6.11. The summed E-state index contributed by atoms with van der Waals surface area (Å²) in [6, 6.07) is 18.2. The van der Waals surface area contributed by atoms with Crippen molar-refractivity contribution in [1.29, 1.82) is 0 Å². The Morgan fingerprint density at radius 1 is 1.06 bits per heavy atom. The minimum absolute atomic E-state index is 0.0241. The first-order valence-electron chi connectivity index (χ1n) is 9.22. The van der Waals surface area contributed by atoms with Gasteiger partial charge in [0.2, 0.25) is 15.9 Å². The molecule has 162 valence electrons. The largest absolute Gasteiger partial charge is 0.495 e. The molecule has 1 amide bonds. The van der Waals surface area contributed by atoms with E-state index < -0.39 is 28.3 Å². The monoisotopic (exact) mass is 462 g/mol. The molecule has 0 unspecified atom stereocenters. The Morgan fingerprint density at radius 3 is 2.35 bits per heavy atom. The van der Waals surface area contributed by atoms with Crippen molar-refractivity contribution in [2.24, 2.45) is 0 Å². The molecule has 0 radical (unpaired) electrons. The number of halogens is 2. The molecule has 3 rings (SSSR count). The van der Waals surface area contributed by atoms with Crippen molar-refractivity contribution in [2.75, 3.05) is 19.0 Å². The van der Waals surface area contributed by atoms with E-state index >= 15 is 0 Å². The molecule has 6 nitrogen and oxygen atoms in total. The number of hydrogen-bond acceptors (Lipinski definition) is 4. The number of rotatable bonds is 8. The first kappa shape index (κ1) is 22.7. The molecular formula is C22H20ClFN2O4S. The van der Waals surface area contributed by atoms with Gasteiger partial charge in [0.25, 0.3) is 0 Å². The molecule has 0 aromatic heterocycles. The Balaban J connectivity index is 1.88. The van der Waals surface area contributed by atoms with E-state index in [2.05, 4.69) is 5.32 Å². The molecule has 0 saturated carbocycles. The van der Waals surface area contributed by atoms with Crippen molar-refractivity contribution < 1.29 is 22.3 Å². The average Bonchev–Trinajstić information content (AvgIpc) is 2.75. The van der Waals surface area contributed by atoms with E-state index in [1.807, 2.05) is 6.07 Å². The summed E-state index contributed by atoms with van der Waals surface area (Å²) < 4.78 is 45.9. The van der Waals surface area contributed by atoms with Gasteiger partial charge in [-0.25, -0.2) is 12.8 Å². The Kier molecular flexibility index (Phi) is 7.27. The number of sulfonamides is 1. The van der Waals surface area contributed by atoms with Crippen LogP contribution in [-0.4, -0.2) is 32.3 Å². The predicted molar refractivity (Wildman–Crippen MR) is 117 cm³/mol. The first-order chi connectivity index (χ1) is 14.8. The van der Waals surface area contributed by atoms with Crippen molar-refractivity contribution in [3.63, 3.8) is 0 Å². The van der Waals surface area contributed by atoms with Gasteiger partial charge in [-0.15, -0.1) is 0 Å². The topological polar surface area (TPSA) is 75.7 Å². The van der Waals surface area contributed by atoms with Crippen LogP contribution in [0.25, 0.3) is 0 Å². The Bertz CT molecular complexity index is 1160. The lowest BCUT2D eigenvalue weighted by molar-refractivity contribution is -0.116. The number of carbonyl (C=O) groups is 1. The zero-order valence-corrected chi connectivity index (χ0v) is 18.2. The van der Waals surface area contributed by atoms with Crippen LogP contribution in [0.15, 0.2) is 77.7 Å². The maximum atomic E-state index is 13.3. The highest BCUT2D eigenvalue weighted by Crippen LogP contribution is 2.29. The summed E-state index contributed by atoms with van der Waals surface area (Å²) in [5, 5.41) is 2.72. The molecule has 0 bridgehead atoms. The van der Waals surface area contributed by atoms with Crippen LogP contribution >= 0.6 is 11.6 Å². The molecule has 0 fully saturated rings. The Morgan fingerprint density at radius 2 is 1.74 bits per heavy atom. The molecule has 3 aromatic rings. The summed E-state index contributed by atoms with van der Waals surface area (Å²) in [6.45, 7) is -0.470. The molecule has 0 aliphatic heterocycles. The van der Waals surface area contributed by atoms with E-state index in [-0.39, 0.29) is 16.5 Å². The van der Waals surface area contributed by atoms with Gasteiger partial charge in [0.1, 0.15) is 11.6 Å². The van der Waals surface area contributed by atoms with Gasteiger partial charge in [-0.05, 0) is 48.0 Å². The van der Waals surface area contributed by atoms with Crippen molar-refractivity contribution in [3.8, 4) is 5.75 Å². The molecule has 0 aliphatic carbocycles. The summed E-state index contributed by atoms with van der Waals surface area (Å²) in [4.78, 5) is 12.5. The van der Waals surface area contributed by atoms with E-state index in [1.165, 1.54) is 49.6 Å². The minimum atomic E-state index is -4.07. The summed E-state index contributed by atoms with van der Waals surface area (Å²) in [6.07, 6.45) is 0. The van der Waals surface area contributed by atoms with Crippen molar-refractivity contribution in [3.05, 3.63) is 89.2 Å². The average molecular weight is 463 g/mol. The van der Waals surface area contributed by atoms with Crippen molar-refractivity contribution >= 4 is 33.2 Å². The van der Waals surface area contributed by atoms with E-state index in [4.69, 9.17) is 16.3 Å². The molecular weight excluding hydrogens is 443 g/mol. The van der Waals surface area contributed by atoms with E-state index in [1.54, 1.807) is 24.3 Å². The van der Waals surface area contributed by atoms with Crippen LogP contribution in [-0.2, 0) is 21.4 Å². The maximum absolute atomic E-state index is 13.3. The number of carbonyl (C=O) groups excluding carboxylic acids is 1. The molecule has 0 heterocycles. The van der Waals surface area contributed by atoms with Gasteiger partial charge < -0.3 is 10.1 Å². The number of methoxy groups -OCH3 is 1. The van der Waals surface area contributed by atoms with Crippen LogP contribution in [0.2, 0.25) is 5.02 Å². The first-order valence-corrected chi connectivity index (χ1v) is 11.0. The Hall–Kier alpha value is -2.94. The molecule has 0 atom stereocenters. The lowest BCUT2D eigenvalue weighted by atomic mass is 10.2. The number of benzene rings is 3. The number of nitrogens with one attached hydrogen (secondary N) is 1. The summed E-state index contributed by atoms with van der Waals surface area (Å²) in [5.41, 5.74) is 1.07.